The van der Waals surface area contributed by atoms with Gasteiger partial charge in [0.1, 0.15) is 5.75 Å². The molecule has 1 unspecified atom stereocenters. The third-order valence-corrected chi connectivity index (χ3v) is 3.39. The van der Waals surface area contributed by atoms with E-state index in [-0.39, 0.29) is 12.3 Å². The number of amides is 1. The first-order valence-corrected chi connectivity index (χ1v) is 7.70. The first kappa shape index (κ1) is 16.9. The van der Waals surface area contributed by atoms with Gasteiger partial charge in [0.25, 0.3) is 0 Å². The normalized spacial score (nSPS) is 12.5. The van der Waals surface area contributed by atoms with Crippen molar-refractivity contribution in [2.24, 2.45) is 0 Å². The summed E-state index contributed by atoms with van der Waals surface area (Å²) in [5.41, 5.74) is 0.864. The van der Waals surface area contributed by atoms with Crippen molar-refractivity contribution in [2.75, 3.05) is 0 Å². The molecule has 2 aromatic carbocycles. The summed E-state index contributed by atoms with van der Waals surface area (Å²) >= 11 is 17.7. The SMILES string of the molecule is O=C(Cc1ccccc1)NC(Oc1ccccc1)C(Cl)(Cl)Cl. The van der Waals surface area contributed by atoms with E-state index in [0.717, 1.165) is 5.56 Å². The second-order valence-electron chi connectivity index (χ2n) is 4.58. The molecular formula is C16H14Cl3NO2. The van der Waals surface area contributed by atoms with Gasteiger partial charge in [-0.05, 0) is 17.7 Å². The highest BCUT2D eigenvalue weighted by molar-refractivity contribution is 6.68. The average molecular weight is 359 g/mol. The smallest absolute Gasteiger partial charge is 0.246 e. The topological polar surface area (TPSA) is 38.3 Å². The predicted molar refractivity (Wildman–Crippen MR) is 89.4 cm³/mol. The Kier molecular flexibility index (Phi) is 5.95. The number of nitrogens with one attached hydrogen (secondary N) is 1. The van der Waals surface area contributed by atoms with Crippen LogP contribution in [0.2, 0.25) is 0 Å². The summed E-state index contributed by atoms with van der Waals surface area (Å²) in [4.78, 5) is 12.1. The van der Waals surface area contributed by atoms with Gasteiger partial charge in [-0.1, -0.05) is 83.3 Å². The van der Waals surface area contributed by atoms with Crippen molar-refractivity contribution in [3.8, 4) is 5.75 Å². The van der Waals surface area contributed by atoms with Crippen LogP contribution in [-0.2, 0) is 11.2 Å². The van der Waals surface area contributed by atoms with Crippen molar-refractivity contribution in [1.82, 2.24) is 5.32 Å². The Hall–Kier alpha value is -1.42. The highest BCUT2D eigenvalue weighted by atomic mass is 35.6. The molecule has 3 nitrogen and oxygen atoms in total. The van der Waals surface area contributed by atoms with E-state index in [1.54, 1.807) is 24.3 Å². The van der Waals surface area contributed by atoms with Gasteiger partial charge in [0.15, 0.2) is 0 Å². The molecule has 2 rings (SSSR count). The number of benzene rings is 2. The van der Waals surface area contributed by atoms with Crippen molar-refractivity contribution in [1.29, 1.82) is 0 Å². The van der Waals surface area contributed by atoms with Crippen LogP contribution in [0.1, 0.15) is 5.56 Å². The van der Waals surface area contributed by atoms with Crippen LogP contribution in [0.15, 0.2) is 60.7 Å². The molecule has 0 aliphatic heterocycles. The van der Waals surface area contributed by atoms with Gasteiger partial charge >= 0.3 is 0 Å². The Morgan fingerprint density at radius 1 is 1.00 bits per heavy atom. The molecule has 0 aliphatic rings. The van der Waals surface area contributed by atoms with Gasteiger partial charge in [-0.25, -0.2) is 0 Å². The minimum atomic E-state index is -1.79. The molecule has 0 saturated heterocycles. The largest absolute Gasteiger partial charge is 0.466 e. The Labute approximate surface area is 144 Å². The maximum atomic E-state index is 12.1. The zero-order chi connectivity index (χ0) is 16.0. The Balaban J connectivity index is 2.02. The van der Waals surface area contributed by atoms with Crippen molar-refractivity contribution < 1.29 is 9.53 Å². The lowest BCUT2D eigenvalue weighted by atomic mass is 10.1. The van der Waals surface area contributed by atoms with Crippen LogP contribution >= 0.6 is 34.8 Å². The summed E-state index contributed by atoms with van der Waals surface area (Å²) < 4.78 is 3.77. The predicted octanol–water partition coefficient (Wildman–Crippen LogP) is 4.12. The molecular weight excluding hydrogens is 345 g/mol. The molecule has 116 valence electrons. The number of alkyl halides is 3. The van der Waals surface area contributed by atoms with Crippen molar-refractivity contribution >= 4 is 40.7 Å². The molecule has 1 N–H and O–H groups in total. The number of carbonyl (C=O) groups excluding carboxylic acids is 1. The molecule has 22 heavy (non-hydrogen) atoms. The van der Waals surface area contributed by atoms with E-state index in [4.69, 9.17) is 39.5 Å². The van der Waals surface area contributed by atoms with Crippen LogP contribution in [0.3, 0.4) is 0 Å². The van der Waals surface area contributed by atoms with Crippen molar-refractivity contribution in [2.45, 2.75) is 16.4 Å². The minimum absolute atomic E-state index is 0.177. The van der Waals surface area contributed by atoms with Crippen LogP contribution in [0.5, 0.6) is 5.75 Å². The van der Waals surface area contributed by atoms with E-state index in [1.807, 2.05) is 36.4 Å². The Bertz CT molecular complexity index is 600. The lowest BCUT2D eigenvalue weighted by Crippen LogP contribution is -2.48. The first-order valence-electron chi connectivity index (χ1n) is 6.57. The van der Waals surface area contributed by atoms with Gasteiger partial charge in [0, 0.05) is 0 Å². The molecule has 1 amide bonds. The van der Waals surface area contributed by atoms with Crippen LogP contribution < -0.4 is 10.1 Å². The fraction of sp³-hybridized carbons (Fsp3) is 0.188. The molecule has 0 aliphatic carbocycles. The Morgan fingerprint density at radius 2 is 1.55 bits per heavy atom. The molecule has 0 aromatic heterocycles. The highest BCUT2D eigenvalue weighted by Gasteiger charge is 2.36. The molecule has 0 saturated carbocycles. The molecule has 0 radical (unpaired) electrons. The lowest BCUT2D eigenvalue weighted by molar-refractivity contribution is -0.122. The van der Waals surface area contributed by atoms with Gasteiger partial charge in [0.05, 0.1) is 6.42 Å². The number of para-hydroxylation sites is 1. The third kappa shape index (κ3) is 5.41. The summed E-state index contributed by atoms with van der Waals surface area (Å²) in [7, 11) is 0. The number of rotatable bonds is 5. The summed E-state index contributed by atoms with van der Waals surface area (Å²) in [5.74, 6) is 0.206. The minimum Gasteiger partial charge on any atom is -0.466 e. The fourth-order valence-electron chi connectivity index (χ4n) is 1.79. The van der Waals surface area contributed by atoms with Gasteiger partial charge in [-0.3, -0.25) is 4.79 Å². The van der Waals surface area contributed by atoms with Gasteiger partial charge in [0.2, 0.25) is 15.9 Å². The molecule has 0 fully saturated rings. The second kappa shape index (κ2) is 7.73. The zero-order valence-corrected chi connectivity index (χ0v) is 13.8. The highest BCUT2D eigenvalue weighted by Crippen LogP contribution is 2.31. The van der Waals surface area contributed by atoms with E-state index in [9.17, 15) is 4.79 Å². The second-order valence-corrected chi connectivity index (χ2v) is 6.95. The maximum Gasteiger partial charge on any atom is 0.246 e. The summed E-state index contributed by atoms with van der Waals surface area (Å²) in [6.45, 7) is 0. The Morgan fingerprint density at radius 3 is 2.09 bits per heavy atom. The summed E-state index contributed by atoms with van der Waals surface area (Å²) in [6, 6.07) is 18.1. The maximum absolute atomic E-state index is 12.1. The van der Waals surface area contributed by atoms with E-state index >= 15 is 0 Å². The molecule has 2 aromatic rings. The van der Waals surface area contributed by atoms with Crippen LogP contribution in [0.4, 0.5) is 0 Å². The standard InChI is InChI=1S/C16H14Cl3NO2/c17-16(18,19)15(22-13-9-5-2-6-10-13)20-14(21)11-12-7-3-1-4-8-12/h1-10,15H,11H2,(H,20,21). The fourth-order valence-corrected chi connectivity index (χ4v) is 2.09. The number of hydrogen-bond acceptors (Lipinski definition) is 2. The monoisotopic (exact) mass is 357 g/mol. The third-order valence-electron chi connectivity index (χ3n) is 2.79. The molecule has 6 heteroatoms. The summed E-state index contributed by atoms with van der Waals surface area (Å²) in [6.07, 6.45) is -0.910. The van der Waals surface area contributed by atoms with Crippen LogP contribution in [-0.4, -0.2) is 15.9 Å². The van der Waals surface area contributed by atoms with Crippen molar-refractivity contribution in [3.05, 3.63) is 66.2 Å². The van der Waals surface area contributed by atoms with E-state index in [1.165, 1.54) is 0 Å². The number of carbonyl (C=O) groups is 1. The van der Waals surface area contributed by atoms with Crippen LogP contribution in [0.25, 0.3) is 0 Å². The lowest BCUT2D eigenvalue weighted by Gasteiger charge is -2.26. The number of hydrogen-bond donors (Lipinski definition) is 1. The number of ether oxygens (including phenoxy) is 1. The molecule has 0 spiro atoms. The summed E-state index contributed by atoms with van der Waals surface area (Å²) in [5, 5.41) is 2.60. The van der Waals surface area contributed by atoms with E-state index in [2.05, 4.69) is 5.32 Å². The zero-order valence-electron chi connectivity index (χ0n) is 11.5. The van der Waals surface area contributed by atoms with Gasteiger partial charge in [-0.15, -0.1) is 0 Å². The van der Waals surface area contributed by atoms with E-state index < -0.39 is 10.0 Å². The number of halogens is 3. The first-order chi connectivity index (χ1) is 10.4. The van der Waals surface area contributed by atoms with Crippen molar-refractivity contribution in [3.63, 3.8) is 0 Å². The van der Waals surface area contributed by atoms with Gasteiger partial charge in [-0.2, -0.15) is 0 Å². The molecule has 1 atom stereocenters. The molecule has 0 heterocycles. The average Bonchev–Trinajstić information content (AvgIpc) is 2.48. The molecule has 0 bridgehead atoms. The van der Waals surface area contributed by atoms with Gasteiger partial charge < -0.3 is 10.1 Å². The quantitative estimate of drug-likeness (QED) is 0.645. The van der Waals surface area contributed by atoms with Crippen LogP contribution in [0, 0.1) is 0 Å². The van der Waals surface area contributed by atoms with E-state index in [0.29, 0.717) is 5.75 Å².